The number of carbonyl (C=O) groups excluding carboxylic acids is 2. The number of halogens is 1. The molecule has 0 fully saturated rings. The van der Waals surface area contributed by atoms with Gasteiger partial charge in [-0.05, 0) is 36.4 Å². The van der Waals surface area contributed by atoms with Crippen molar-refractivity contribution >= 4 is 39.1 Å². The van der Waals surface area contributed by atoms with E-state index in [0.717, 1.165) is 10.2 Å². The van der Waals surface area contributed by atoms with Crippen molar-refractivity contribution in [1.29, 1.82) is 0 Å². The topological polar surface area (TPSA) is 58.6 Å². The molecule has 0 saturated heterocycles. The van der Waals surface area contributed by atoms with Crippen LogP contribution in [0.2, 0.25) is 0 Å². The van der Waals surface area contributed by atoms with Gasteiger partial charge in [0.15, 0.2) is 6.61 Å². The summed E-state index contributed by atoms with van der Waals surface area (Å²) in [6.45, 7) is 0.326. The van der Waals surface area contributed by atoms with Gasteiger partial charge in [-0.3, -0.25) is 9.59 Å². The fourth-order valence-electron chi connectivity index (χ4n) is 2.37. The maximum Gasteiger partial charge on any atom is 0.265 e. The van der Waals surface area contributed by atoms with Crippen LogP contribution in [0.1, 0.15) is 6.42 Å². The molecule has 2 aromatic rings. The van der Waals surface area contributed by atoms with Crippen LogP contribution in [0.4, 0.5) is 11.4 Å². The van der Waals surface area contributed by atoms with E-state index in [4.69, 9.17) is 4.74 Å². The number of carbonyl (C=O) groups is 2. The van der Waals surface area contributed by atoms with E-state index in [1.165, 1.54) is 0 Å². The number of amides is 2. The molecule has 6 heteroatoms. The minimum Gasteiger partial charge on any atom is -0.482 e. The Bertz CT molecular complexity index is 731. The van der Waals surface area contributed by atoms with Crippen molar-refractivity contribution < 1.29 is 14.3 Å². The van der Waals surface area contributed by atoms with Crippen LogP contribution in [-0.4, -0.2) is 25.0 Å². The van der Waals surface area contributed by atoms with Crippen molar-refractivity contribution in [2.45, 2.75) is 6.42 Å². The first-order valence-corrected chi connectivity index (χ1v) is 8.00. The second kappa shape index (κ2) is 6.83. The van der Waals surface area contributed by atoms with Crippen molar-refractivity contribution in [3.8, 4) is 5.75 Å². The van der Waals surface area contributed by atoms with E-state index < -0.39 is 0 Å². The molecule has 23 heavy (non-hydrogen) atoms. The molecule has 1 aliphatic heterocycles. The van der Waals surface area contributed by atoms with Crippen LogP contribution in [-0.2, 0) is 9.59 Å². The van der Waals surface area contributed by atoms with Crippen LogP contribution in [0.5, 0.6) is 5.75 Å². The van der Waals surface area contributed by atoms with Crippen LogP contribution in [0, 0.1) is 0 Å². The zero-order valence-corrected chi connectivity index (χ0v) is 13.9. The van der Waals surface area contributed by atoms with E-state index in [-0.39, 0.29) is 24.8 Å². The standard InChI is InChI=1S/C17H15BrN2O3/c18-12-5-7-13(8-6-12)19-16(21)9-10-20-14-3-1-2-4-15(14)23-11-17(20)22/h1-8H,9-11H2,(H,19,21). The van der Waals surface area contributed by atoms with Gasteiger partial charge in [0, 0.05) is 23.1 Å². The van der Waals surface area contributed by atoms with Crippen LogP contribution in [0.15, 0.2) is 53.0 Å². The largest absolute Gasteiger partial charge is 0.482 e. The molecular formula is C17H15BrN2O3. The summed E-state index contributed by atoms with van der Waals surface area (Å²) in [6.07, 6.45) is 0.218. The second-order valence-corrected chi connectivity index (χ2v) is 6.02. The summed E-state index contributed by atoms with van der Waals surface area (Å²) in [5, 5.41) is 2.82. The highest BCUT2D eigenvalue weighted by atomic mass is 79.9. The Morgan fingerprint density at radius 1 is 1.17 bits per heavy atom. The highest BCUT2D eigenvalue weighted by Crippen LogP contribution is 2.31. The predicted molar refractivity (Wildman–Crippen MR) is 91.7 cm³/mol. The number of hydrogen-bond acceptors (Lipinski definition) is 3. The molecule has 1 heterocycles. The monoisotopic (exact) mass is 374 g/mol. The molecular weight excluding hydrogens is 360 g/mol. The number of rotatable bonds is 4. The highest BCUT2D eigenvalue weighted by molar-refractivity contribution is 9.10. The third kappa shape index (κ3) is 3.71. The molecule has 118 valence electrons. The van der Waals surface area contributed by atoms with Gasteiger partial charge in [0.05, 0.1) is 5.69 Å². The molecule has 2 aromatic carbocycles. The molecule has 0 spiro atoms. The summed E-state index contributed by atoms with van der Waals surface area (Å²) in [7, 11) is 0. The lowest BCUT2D eigenvalue weighted by atomic mass is 10.2. The molecule has 0 saturated carbocycles. The summed E-state index contributed by atoms with van der Waals surface area (Å²) in [4.78, 5) is 25.7. The lowest BCUT2D eigenvalue weighted by Crippen LogP contribution is -2.40. The Hall–Kier alpha value is -2.34. The number of nitrogens with zero attached hydrogens (tertiary/aromatic N) is 1. The fraction of sp³-hybridized carbons (Fsp3) is 0.176. The lowest BCUT2D eigenvalue weighted by Gasteiger charge is -2.29. The van der Waals surface area contributed by atoms with Crippen molar-refractivity contribution in [3.63, 3.8) is 0 Å². The number of hydrogen-bond donors (Lipinski definition) is 1. The smallest absolute Gasteiger partial charge is 0.265 e. The quantitative estimate of drug-likeness (QED) is 0.893. The van der Waals surface area contributed by atoms with Gasteiger partial charge in [-0.25, -0.2) is 0 Å². The molecule has 1 N–H and O–H groups in total. The van der Waals surface area contributed by atoms with Crippen molar-refractivity contribution in [1.82, 2.24) is 0 Å². The zero-order chi connectivity index (χ0) is 16.2. The van der Waals surface area contributed by atoms with E-state index in [2.05, 4.69) is 21.2 Å². The number of para-hydroxylation sites is 2. The molecule has 0 radical (unpaired) electrons. The van der Waals surface area contributed by atoms with Gasteiger partial charge in [0.1, 0.15) is 5.75 Å². The summed E-state index contributed by atoms with van der Waals surface area (Å²) in [6, 6.07) is 14.7. The predicted octanol–water partition coefficient (Wildman–Crippen LogP) is 3.20. The molecule has 0 aliphatic carbocycles. The Labute approximate surface area is 142 Å². The van der Waals surface area contributed by atoms with Crippen LogP contribution in [0.3, 0.4) is 0 Å². The molecule has 2 amide bonds. The minimum absolute atomic E-state index is 0.00530. The maximum absolute atomic E-state index is 12.1. The van der Waals surface area contributed by atoms with E-state index in [1.54, 1.807) is 4.90 Å². The van der Waals surface area contributed by atoms with Crippen molar-refractivity contribution in [3.05, 3.63) is 53.0 Å². The molecule has 5 nitrogen and oxygen atoms in total. The van der Waals surface area contributed by atoms with Gasteiger partial charge >= 0.3 is 0 Å². The third-order valence-electron chi connectivity index (χ3n) is 3.50. The average molecular weight is 375 g/mol. The average Bonchev–Trinajstić information content (AvgIpc) is 2.56. The highest BCUT2D eigenvalue weighted by Gasteiger charge is 2.25. The van der Waals surface area contributed by atoms with Gasteiger partial charge in [-0.2, -0.15) is 0 Å². The number of anilines is 2. The summed E-state index contributed by atoms with van der Waals surface area (Å²) < 4.78 is 6.33. The van der Waals surface area contributed by atoms with Gasteiger partial charge in [0.25, 0.3) is 5.91 Å². The first kappa shape index (κ1) is 15.6. The number of benzene rings is 2. The maximum atomic E-state index is 12.1. The third-order valence-corrected chi connectivity index (χ3v) is 4.03. The Morgan fingerprint density at radius 2 is 1.91 bits per heavy atom. The SMILES string of the molecule is O=C(CCN1C(=O)COc2ccccc21)Nc1ccc(Br)cc1. The van der Waals surface area contributed by atoms with Crippen LogP contribution >= 0.6 is 15.9 Å². The van der Waals surface area contributed by atoms with Crippen LogP contribution < -0.4 is 15.0 Å². The fourth-order valence-corrected chi connectivity index (χ4v) is 2.63. The van der Waals surface area contributed by atoms with Gasteiger partial charge in [-0.15, -0.1) is 0 Å². The van der Waals surface area contributed by atoms with E-state index in [1.807, 2.05) is 48.5 Å². The van der Waals surface area contributed by atoms with E-state index >= 15 is 0 Å². The minimum atomic E-state index is -0.139. The Kier molecular flexibility index (Phi) is 4.62. The number of fused-ring (bicyclic) bond motifs is 1. The molecule has 1 aliphatic rings. The lowest BCUT2D eigenvalue weighted by molar-refractivity contribution is -0.121. The van der Waals surface area contributed by atoms with E-state index in [9.17, 15) is 9.59 Å². The molecule has 0 atom stereocenters. The normalized spacial score (nSPS) is 13.3. The van der Waals surface area contributed by atoms with Crippen LogP contribution in [0.25, 0.3) is 0 Å². The second-order valence-electron chi connectivity index (χ2n) is 5.11. The van der Waals surface area contributed by atoms with Crippen molar-refractivity contribution in [2.75, 3.05) is 23.4 Å². The number of ether oxygens (including phenoxy) is 1. The molecule has 3 rings (SSSR count). The number of nitrogens with one attached hydrogen (secondary N) is 1. The molecule has 0 unspecified atom stereocenters. The Balaban J connectivity index is 1.62. The molecule has 0 aromatic heterocycles. The summed E-state index contributed by atoms with van der Waals surface area (Å²) in [5.74, 6) is 0.393. The summed E-state index contributed by atoms with van der Waals surface area (Å²) >= 11 is 3.35. The first-order chi connectivity index (χ1) is 11.1. The Morgan fingerprint density at radius 3 is 2.70 bits per heavy atom. The van der Waals surface area contributed by atoms with Crippen molar-refractivity contribution in [2.24, 2.45) is 0 Å². The van der Waals surface area contributed by atoms with Gasteiger partial charge < -0.3 is 15.0 Å². The van der Waals surface area contributed by atoms with E-state index in [0.29, 0.717) is 18.0 Å². The zero-order valence-electron chi connectivity index (χ0n) is 12.3. The first-order valence-electron chi connectivity index (χ1n) is 7.21. The molecule has 0 bridgehead atoms. The van der Waals surface area contributed by atoms with Gasteiger partial charge in [-0.1, -0.05) is 28.1 Å². The summed E-state index contributed by atoms with van der Waals surface area (Å²) in [5.41, 5.74) is 1.44. The van der Waals surface area contributed by atoms with Gasteiger partial charge in [0.2, 0.25) is 5.91 Å².